The molecule has 0 bridgehead atoms. The molecular formula is C16H15FN2O5S. The zero-order valence-corrected chi connectivity index (χ0v) is 13.8. The Morgan fingerprint density at radius 1 is 1.32 bits per heavy atom. The first-order valence-electron chi connectivity index (χ1n) is 7.73. The zero-order chi connectivity index (χ0) is 17.8. The molecule has 2 fully saturated rings. The number of anilines is 1. The maximum Gasteiger partial charge on any atom is 0.326 e. The average Bonchev–Trinajstić information content (AvgIpc) is 3.15. The van der Waals surface area contributed by atoms with Gasteiger partial charge >= 0.3 is 10.2 Å². The third-order valence-corrected chi connectivity index (χ3v) is 5.90. The Hall–Kier alpha value is -2.39. The van der Waals surface area contributed by atoms with Crippen molar-refractivity contribution < 1.29 is 27.4 Å². The van der Waals surface area contributed by atoms with Gasteiger partial charge in [0, 0.05) is 17.9 Å². The first-order valence-corrected chi connectivity index (χ1v) is 9.17. The fourth-order valence-electron chi connectivity index (χ4n) is 3.28. The van der Waals surface area contributed by atoms with E-state index in [1.165, 1.54) is 6.07 Å². The lowest BCUT2D eigenvalue weighted by molar-refractivity contribution is -0.117. The molecule has 2 aromatic carbocycles. The van der Waals surface area contributed by atoms with E-state index in [0.29, 0.717) is 22.9 Å². The third kappa shape index (κ3) is 2.59. The summed E-state index contributed by atoms with van der Waals surface area (Å²) in [6.07, 6.45) is 0.830. The number of halogens is 1. The van der Waals surface area contributed by atoms with Crippen molar-refractivity contribution in [1.29, 1.82) is 0 Å². The van der Waals surface area contributed by atoms with Crippen LogP contribution in [-0.4, -0.2) is 39.2 Å². The number of benzene rings is 2. The lowest BCUT2D eigenvalue weighted by Gasteiger charge is -2.19. The second-order valence-corrected chi connectivity index (χ2v) is 7.73. The van der Waals surface area contributed by atoms with E-state index in [1.54, 1.807) is 16.9 Å². The summed E-state index contributed by atoms with van der Waals surface area (Å²) < 4.78 is 46.7. The van der Waals surface area contributed by atoms with E-state index in [-0.39, 0.29) is 11.3 Å². The van der Waals surface area contributed by atoms with Crippen LogP contribution in [0.2, 0.25) is 0 Å². The van der Waals surface area contributed by atoms with E-state index < -0.39 is 39.9 Å². The van der Waals surface area contributed by atoms with E-state index in [1.807, 2.05) is 6.07 Å². The quantitative estimate of drug-likeness (QED) is 0.837. The number of hydrogen-bond donors (Lipinski definition) is 2. The molecule has 25 heavy (non-hydrogen) atoms. The summed E-state index contributed by atoms with van der Waals surface area (Å²) in [5.41, 5.74) is 0.365. The number of ether oxygens (including phenoxy) is 1. The molecule has 2 aromatic rings. The average molecular weight is 366 g/mol. The lowest BCUT2D eigenvalue weighted by atomic mass is 9.95. The molecule has 1 unspecified atom stereocenters. The van der Waals surface area contributed by atoms with Crippen LogP contribution in [0.15, 0.2) is 24.3 Å². The van der Waals surface area contributed by atoms with Gasteiger partial charge in [-0.15, -0.1) is 0 Å². The number of hydrogen-bond acceptors (Lipinski definition) is 5. The lowest BCUT2D eigenvalue weighted by Crippen LogP contribution is -2.30. The smallest absolute Gasteiger partial charge is 0.326 e. The Kier molecular flexibility index (Phi) is 3.58. The normalized spacial score (nSPS) is 22.5. The van der Waals surface area contributed by atoms with Crippen LogP contribution in [0.25, 0.3) is 10.8 Å². The molecule has 1 atom stereocenters. The summed E-state index contributed by atoms with van der Waals surface area (Å²) in [6.45, 7) is 0.622. The van der Waals surface area contributed by atoms with Gasteiger partial charge in [-0.3, -0.25) is 4.79 Å². The number of nitrogens with one attached hydrogen (secondary N) is 1. The van der Waals surface area contributed by atoms with Crippen LogP contribution in [0, 0.1) is 5.82 Å². The Morgan fingerprint density at radius 3 is 2.76 bits per heavy atom. The Bertz CT molecular complexity index is 986. The molecule has 0 aromatic heterocycles. The highest BCUT2D eigenvalue weighted by atomic mass is 32.2. The first kappa shape index (κ1) is 16.1. The van der Waals surface area contributed by atoms with Crippen molar-refractivity contribution in [2.24, 2.45) is 0 Å². The second-order valence-electron chi connectivity index (χ2n) is 6.14. The van der Waals surface area contributed by atoms with Crippen LogP contribution in [-0.2, 0) is 19.7 Å². The molecule has 132 valence electrons. The highest BCUT2D eigenvalue weighted by molar-refractivity contribution is 7.92. The van der Waals surface area contributed by atoms with E-state index >= 15 is 4.39 Å². The van der Waals surface area contributed by atoms with Gasteiger partial charge in [-0.1, -0.05) is 12.1 Å². The standard InChI is InChI=1S/C16H15FN2O5S/c17-15-12-5-9(11-3-4-24-8-11)1-2-10(12)6-13(20)16(15)19-7-14(21)18-25(19,22)23/h1-2,5-6,11,20H,3-4,7-8H2,(H,18,21). The van der Waals surface area contributed by atoms with Crippen molar-refractivity contribution in [3.05, 3.63) is 35.6 Å². The highest BCUT2D eigenvalue weighted by Crippen LogP contribution is 2.39. The number of fused-ring (bicyclic) bond motifs is 1. The molecule has 2 aliphatic heterocycles. The Morgan fingerprint density at radius 2 is 2.12 bits per heavy atom. The van der Waals surface area contributed by atoms with Gasteiger partial charge in [0.2, 0.25) is 0 Å². The molecule has 0 spiro atoms. The van der Waals surface area contributed by atoms with E-state index in [0.717, 1.165) is 12.0 Å². The van der Waals surface area contributed by atoms with Crippen molar-refractivity contribution in [1.82, 2.24) is 4.72 Å². The molecule has 0 radical (unpaired) electrons. The maximum absolute atomic E-state index is 15.1. The molecular weight excluding hydrogens is 351 g/mol. The summed E-state index contributed by atoms with van der Waals surface area (Å²) >= 11 is 0. The summed E-state index contributed by atoms with van der Waals surface area (Å²) in [6, 6.07) is 6.46. The number of carbonyl (C=O) groups excluding carboxylic acids is 1. The number of rotatable bonds is 2. The number of amides is 1. The summed E-state index contributed by atoms with van der Waals surface area (Å²) in [5, 5.41) is 10.8. The SMILES string of the molecule is O=C1CN(c2c(O)cc3ccc(C4CCOC4)cc3c2F)S(=O)(=O)N1. The van der Waals surface area contributed by atoms with Crippen LogP contribution in [0.3, 0.4) is 0 Å². The number of phenols is 1. The van der Waals surface area contributed by atoms with Crippen LogP contribution >= 0.6 is 0 Å². The Balaban J connectivity index is 1.88. The maximum atomic E-state index is 15.1. The topological polar surface area (TPSA) is 95.9 Å². The van der Waals surface area contributed by atoms with Crippen LogP contribution in [0.1, 0.15) is 17.9 Å². The molecule has 4 rings (SSSR count). The minimum atomic E-state index is -4.21. The monoisotopic (exact) mass is 366 g/mol. The number of nitrogens with zero attached hydrogens (tertiary/aromatic N) is 1. The summed E-state index contributed by atoms with van der Waals surface area (Å²) in [7, 11) is -4.21. The molecule has 0 saturated carbocycles. The van der Waals surface area contributed by atoms with Gasteiger partial charge in [-0.25, -0.2) is 13.4 Å². The summed E-state index contributed by atoms with van der Waals surface area (Å²) in [5.74, 6) is -2.05. The predicted octanol–water partition coefficient (Wildman–Crippen LogP) is 1.37. The van der Waals surface area contributed by atoms with Gasteiger partial charge < -0.3 is 9.84 Å². The first-order chi connectivity index (χ1) is 11.9. The molecule has 2 aliphatic rings. The van der Waals surface area contributed by atoms with Crippen molar-refractivity contribution >= 4 is 32.6 Å². The van der Waals surface area contributed by atoms with Crippen LogP contribution < -0.4 is 9.03 Å². The van der Waals surface area contributed by atoms with Crippen molar-refractivity contribution in [3.63, 3.8) is 0 Å². The third-order valence-electron chi connectivity index (χ3n) is 4.53. The van der Waals surface area contributed by atoms with E-state index in [9.17, 15) is 18.3 Å². The molecule has 2 N–H and O–H groups in total. The minimum Gasteiger partial charge on any atom is -0.506 e. The minimum absolute atomic E-state index is 0.153. The number of phenolic OH excluding ortho intramolecular Hbond substituents is 1. The fraction of sp³-hybridized carbons (Fsp3) is 0.312. The van der Waals surface area contributed by atoms with Crippen LogP contribution in [0.5, 0.6) is 5.75 Å². The fourth-order valence-corrected chi connectivity index (χ4v) is 4.44. The molecule has 9 heteroatoms. The van der Waals surface area contributed by atoms with E-state index in [4.69, 9.17) is 4.74 Å². The van der Waals surface area contributed by atoms with Crippen molar-refractivity contribution in [3.8, 4) is 5.75 Å². The van der Waals surface area contributed by atoms with Gasteiger partial charge in [0.15, 0.2) is 5.82 Å². The van der Waals surface area contributed by atoms with Crippen molar-refractivity contribution in [2.75, 3.05) is 24.1 Å². The second kappa shape index (κ2) is 5.57. The molecule has 2 heterocycles. The van der Waals surface area contributed by atoms with Gasteiger partial charge in [-0.05, 0) is 29.5 Å². The zero-order valence-electron chi connectivity index (χ0n) is 13.0. The molecule has 2 saturated heterocycles. The number of aromatic hydroxyl groups is 1. The molecule has 1 amide bonds. The highest BCUT2D eigenvalue weighted by Gasteiger charge is 2.37. The van der Waals surface area contributed by atoms with Gasteiger partial charge in [0.1, 0.15) is 18.0 Å². The molecule has 0 aliphatic carbocycles. The van der Waals surface area contributed by atoms with E-state index in [2.05, 4.69) is 0 Å². The predicted molar refractivity (Wildman–Crippen MR) is 88.2 cm³/mol. The number of carbonyl (C=O) groups is 1. The summed E-state index contributed by atoms with van der Waals surface area (Å²) in [4.78, 5) is 11.4. The van der Waals surface area contributed by atoms with Gasteiger partial charge in [0.25, 0.3) is 5.91 Å². The molecule has 7 nitrogen and oxygen atoms in total. The van der Waals surface area contributed by atoms with Gasteiger partial charge in [-0.2, -0.15) is 8.42 Å². The van der Waals surface area contributed by atoms with Crippen LogP contribution in [0.4, 0.5) is 10.1 Å². The van der Waals surface area contributed by atoms with Crippen molar-refractivity contribution in [2.45, 2.75) is 12.3 Å². The largest absolute Gasteiger partial charge is 0.506 e. The Labute approximate surface area is 143 Å². The van der Waals surface area contributed by atoms with Gasteiger partial charge in [0.05, 0.1) is 6.61 Å².